The molecule has 0 heterocycles. The third kappa shape index (κ3) is 4.43. The monoisotopic (exact) mass is 260 g/mol. The van der Waals surface area contributed by atoms with E-state index in [1.807, 2.05) is 31.2 Å². The van der Waals surface area contributed by atoms with E-state index in [0.29, 0.717) is 11.4 Å². The maximum absolute atomic E-state index is 12.2. The van der Waals surface area contributed by atoms with E-state index < -0.39 is 0 Å². The minimum absolute atomic E-state index is 0.0830. The summed E-state index contributed by atoms with van der Waals surface area (Å²) in [6.45, 7) is 12.0. The molecule has 0 spiro atoms. The van der Waals surface area contributed by atoms with Gasteiger partial charge in [-0.05, 0) is 31.4 Å². The SMILES string of the molecule is C=C(NC(=O)c1ccccc1C)N(CCC)CCC. The fraction of sp³-hybridized carbons (Fsp3) is 0.438. The molecule has 0 aliphatic rings. The Morgan fingerprint density at radius 3 is 2.32 bits per heavy atom. The highest BCUT2D eigenvalue weighted by atomic mass is 16.1. The molecule has 0 fully saturated rings. The summed E-state index contributed by atoms with van der Waals surface area (Å²) in [4.78, 5) is 14.3. The average molecular weight is 260 g/mol. The number of amides is 1. The van der Waals surface area contributed by atoms with Gasteiger partial charge >= 0.3 is 0 Å². The van der Waals surface area contributed by atoms with Crippen molar-refractivity contribution in [1.82, 2.24) is 10.2 Å². The Bertz CT molecular complexity index is 434. The quantitative estimate of drug-likeness (QED) is 0.815. The summed E-state index contributed by atoms with van der Waals surface area (Å²) in [5.74, 6) is 0.609. The summed E-state index contributed by atoms with van der Waals surface area (Å²) >= 11 is 0. The predicted octanol–water partition coefficient (Wildman–Crippen LogP) is 3.32. The number of carbonyl (C=O) groups is 1. The Labute approximate surface area is 116 Å². The lowest BCUT2D eigenvalue weighted by Gasteiger charge is -2.26. The van der Waals surface area contributed by atoms with Crippen molar-refractivity contribution < 1.29 is 4.79 Å². The third-order valence-electron chi connectivity index (χ3n) is 3.02. The molecule has 19 heavy (non-hydrogen) atoms. The van der Waals surface area contributed by atoms with Crippen molar-refractivity contribution >= 4 is 5.91 Å². The van der Waals surface area contributed by atoms with Crippen LogP contribution >= 0.6 is 0 Å². The van der Waals surface area contributed by atoms with E-state index in [0.717, 1.165) is 31.5 Å². The first kappa shape index (κ1) is 15.3. The maximum Gasteiger partial charge on any atom is 0.257 e. The van der Waals surface area contributed by atoms with Gasteiger partial charge in [0.05, 0.1) is 0 Å². The van der Waals surface area contributed by atoms with Crippen molar-refractivity contribution in [3.8, 4) is 0 Å². The maximum atomic E-state index is 12.2. The molecule has 0 aromatic heterocycles. The molecule has 0 saturated heterocycles. The lowest BCUT2D eigenvalue weighted by Crippen LogP contribution is -2.35. The summed E-state index contributed by atoms with van der Waals surface area (Å²) in [5.41, 5.74) is 1.68. The molecule has 3 nitrogen and oxygen atoms in total. The Hall–Kier alpha value is -1.77. The van der Waals surface area contributed by atoms with Crippen LogP contribution in [0, 0.1) is 6.92 Å². The highest BCUT2D eigenvalue weighted by Gasteiger charge is 2.12. The molecule has 0 aliphatic heterocycles. The van der Waals surface area contributed by atoms with Gasteiger partial charge in [0.2, 0.25) is 0 Å². The van der Waals surface area contributed by atoms with Crippen LogP contribution in [0.1, 0.15) is 42.6 Å². The molecule has 0 atom stereocenters. The molecule has 1 aromatic carbocycles. The summed E-state index contributed by atoms with van der Waals surface area (Å²) in [5, 5.41) is 2.90. The van der Waals surface area contributed by atoms with Crippen LogP contribution in [-0.4, -0.2) is 23.9 Å². The van der Waals surface area contributed by atoms with Gasteiger partial charge in [0, 0.05) is 18.7 Å². The van der Waals surface area contributed by atoms with Gasteiger partial charge in [0.1, 0.15) is 5.82 Å². The second kappa shape index (κ2) is 7.62. The Morgan fingerprint density at radius 1 is 1.21 bits per heavy atom. The zero-order valence-electron chi connectivity index (χ0n) is 12.2. The van der Waals surface area contributed by atoms with Crippen molar-refractivity contribution in [2.24, 2.45) is 0 Å². The molecule has 104 valence electrons. The third-order valence-corrected chi connectivity index (χ3v) is 3.02. The van der Waals surface area contributed by atoms with Gasteiger partial charge < -0.3 is 10.2 Å². The molecule has 3 heteroatoms. The summed E-state index contributed by atoms with van der Waals surface area (Å²) in [6, 6.07) is 7.58. The first-order chi connectivity index (χ1) is 9.10. The number of aryl methyl sites for hydroxylation is 1. The molecule has 1 N–H and O–H groups in total. The van der Waals surface area contributed by atoms with Crippen LogP contribution in [0.2, 0.25) is 0 Å². The van der Waals surface area contributed by atoms with Crippen LogP contribution in [0.3, 0.4) is 0 Å². The summed E-state index contributed by atoms with van der Waals surface area (Å²) in [7, 11) is 0. The minimum Gasteiger partial charge on any atom is -0.359 e. The summed E-state index contributed by atoms with van der Waals surface area (Å²) in [6.07, 6.45) is 2.08. The Balaban J connectivity index is 2.70. The second-order valence-corrected chi connectivity index (χ2v) is 4.70. The fourth-order valence-corrected chi connectivity index (χ4v) is 2.03. The Morgan fingerprint density at radius 2 is 1.79 bits per heavy atom. The lowest BCUT2D eigenvalue weighted by atomic mass is 10.1. The van der Waals surface area contributed by atoms with Gasteiger partial charge in [-0.25, -0.2) is 0 Å². The van der Waals surface area contributed by atoms with Gasteiger partial charge in [0.15, 0.2) is 0 Å². The van der Waals surface area contributed by atoms with Crippen LogP contribution in [0.4, 0.5) is 0 Å². The normalized spacial score (nSPS) is 10.1. The van der Waals surface area contributed by atoms with Crippen molar-refractivity contribution in [2.75, 3.05) is 13.1 Å². The Kier molecular flexibility index (Phi) is 6.13. The molecular formula is C16H24N2O. The topological polar surface area (TPSA) is 32.3 Å². The number of nitrogens with zero attached hydrogens (tertiary/aromatic N) is 1. The largest absolute Gasteiger partial charge is 0.359 e. The number of hydrogen-bond donors (Lipinski definition) is 1. The predicted molar refractivity (Wildman–Crippen MR) is 79.9 cm³/mol. The van der Waals surface area contributed by atoms with E-state index in [9.17, 15) is 4.79 Å². The van der Waals surface area contributed by atoms with Crippen LogP contribution in [0.25, 0.3) is 0 Å². The van der Waals surface area contributed by atoms with E-state index in [1.54, 1.807) is 0 Å². The van der Waals surface area contributed by atoms with E-state index >= 15 is 0 Å². The van der Waals surface area contributed by atoms with Gasteiger partial charge in [-0.1, -0.05) is 38.6 Å². The van der Waals surface area contributed by atoms with Crippen LogP contribution in [0.5, 0.6) is 0 Å². The van der Waals surface area contributed by atoms with Crippen molar-refractivity contribution in [3.63, 3.8) is 0 Å². The van der Waals surface area contributed by atoms with Crippen LogP contribution in [0.15, 0.2) is 36.7 Å². The van der Waals surface area contributed by atoms with Crippen molar-refractivity contribution in [3.05, 3.63) is 47.8 Å². The van der Waals surface area contributed by atoms with Gasteiger partial charge in [-0.15, -0.1) is 0 Å². The lowest BCUT2D eigenvalue weighted by molar-refractivity contribution is 0.0950. The zero-order chi connectivity index (χ0) is 14.3. The van der Waals surface area contributed by atoms with Crippen molar-refractivity contribution in [2.45, 2.75) is 33.6 Å². The van der Waals surface area contributed by atoms with E-state index in [-0.39, 0.29) is 5.91 Å². The van der Waals surface area contributed by atoms with Gasteiger partial charge in [-0.2, -0.15) is 0 Å². The highest BCUT2D eigenvalue weighted by Crippen LogP contribution is 2.08. The zero-order valence-corrected chi connectivity index (χ0v) is 12.2. The second-order valence-electron chi connectivity index (χ2n) is 4.70. The number of nitrogens with one attached hydrogen (secondary N) is 1. The van der Waals surface area contributed by atoms with E-state index in [1.165, 1.54) is 0 Å². The number of carbonyl (C=O) groups excluding carboxylic acids is 1. The molecule has 0 unspecified atom stereocenters. The molecule has 0 radical (unpaired) electrons. The van der Waals surface area contributed by atoms with Crippen molar-refractivity contribution in [1.29, 1.82) is 0 Å². The van der Waals surface area contributed by atoms with E-state index in [4.69, 9.17) is 0 Å². The standard InChI is InChI=1S/C16H24N2O/c1-5-11-18(12-6-2)14(4)17-16(19)15-10-8-7-9-13(15)3/h7-10H,4-6,11-12H2,1-3H3,(H,17,19). The molecule has 1 rings (SSSR count). The van der Waals surface area contributed by atoms with Crippen LogP contribution < -0.4 is 5.32 Å². The van der Waals surface area contributed by atoms with E-state index in [2.05, 4.69) is 30.6 Å². The molecule has 1 aromatic rings. The smallest absolute Gasteiger partial charge is 0.257 e. The molecule has 0 aliphatic carbocycles. The minimum atomic E-state index is -0.0830. The van der Waals surface area contributed by atoms with Crippen LogP contribution in [-0.2, 0) is 0 Å². The number of hydrogen-bond acceptors (Lipinski definition) is 2. The first-order valence-corrected chi connectivity index (χ1v) is 6.91. The first-order valence-electron chi connectivity index (χ1n) is 6.91. The van der Waals surface area contributed by atoms with Gasteiger partial charge in [-0.3, -0.25) is 4.79 Å². The summed E-state index contributed by atoms with van der Waals surface area (Å²) < 4.78 is 0. The molecule has 1 amide bonds. The number of benzene rings is 1. The average Bonchev–Trinajstić information content (AvgIpc) is 2.38. The molecule has 0 saturated carbocycles. The molecular weight excluding hydrogens is 236 g/mol. The fourth-order valence-electron chi connectivity index (χ4n) is 2.03. The van der Waals surface area contributed by atoms with Gasteiger partial charge in [0.25, 0.3) is 5.91 Å². The number of rotatable bonds is 7. The molecule has 0 bridgehead atoms. The highest BCUT2D eigenvalue weighted by molar-refractivity contribution is 5.96.